The minimum Gasteiger partial charge on any atom is -0.301 e. The normalized spacial score (nSPS) is 10.7. The number of nitrogens with zero attached hydrogens (tertiary/aromatic N) is 3. The van der Waals surface area contributed by atoms with E-state index >= 15 is 0 Å². The van der Waals surface area contributed by atoms with E-state index in [2.05, 4.69) is 20.5 Å². The molecule has 0 aliphatic rings. The molecule has 3 rings (SSSR count). The number of aromatic nitrogens is 3. The first-order chi connectivity index (χ1) is 11.1. The molecule has 0 aliphatic carbocycles. The first-order valence-electron chi connectivity index (χ1n) is 6.21. The molecule has 0 radical (unpaired) electrons. The minimum atomic E-state index is -0.139. The van der Waals surface area contributed by atoms with Crippen molar-refractivity contribution < 1.29 is 4.79 Å². The summed E-state index contributed by atoms with van der Waals surface area (Å²) in [6, 6.07) is 5.30. The number of thioether (sulfide) groups is 1. The lowest BCUT2D eigenvalue weighted by Gasteiger charge is -2.01. The third-order valence-corrected chi connectivity index (χ3v) is 5.99. The van der Waals surface area contributed by atoms with Gasteiger partial charge in [-0.25, -0.2) is 4.98 Å². The highest BCUT2D eigenvalue weighted by molar-refractivity contribution is 8.01. The van der Waals surface area contributed by atoms with Gasteiger partial charge in [0.25, 0.3) is 0 Å². The molecule has 0 spiro atoms. The van der Waals surface area contributed by atoms with Gasteiger partial charge in [0.1, 0.15) is 5.51 Å². The monoisotopic (exact) mass is 402 g/mol. The molecule has 0 unspecified atom stereocenters. The number of rotatable bonds is 5. The van der Waals surface area contributed by atoms with Crippen LogP contribution < -0.4 is 5.32 Å². The van der Waals surface area contributed by atoms with Gasteiger partial charge in [0.15, 0.2) is 9.47 Å². The largest absolute Gasteiger partial charge is 0.301 e. The molecule has 0 bridgehead atoms. The molecule has 1 amide bonds. The molecule has 1 aromatic carbocycles. The van der Waals surface area contributed by atoms with Crippen LogP contribution in [0.15, 0.2) is 33.4 Å². The van der Waals surface area contributed by atoms with Gasteiger partial charge in [0, 0.05) is 10.9 Å². The van der Waals surface area contributed by atoms with E-state index in [1.165, 1.54) is 34.4 Å². The number of carbonyl (C=O) groups is 1. The van der Waals surface area contributed by atoms with Gasteiger partial charge < -0.3 is 5.32 Å². The quantitative estimate of drug-likeness (QED) is 0.626. The van der Waals surface area contributed by atoms with E-state index in [4.69, 9.17) is 23.2 Å². The summed E-state index contributed by atoms with van der Waals surface area (Å²) in [5, 5.41) is 13.7. The molecular formula is C13H8Cl2N4OS3. The van der Waals surface area contributed by atoms with Crippen LogP contribution in [0.25, 0.3) is 11.3 Å². The van der Waals surface area contributed by atoms with Gasteiger partial charge >= 0.3 is 0 Å². The van der Waals surface area contributed by atoms with Gasteiger partial charge in [0.05, 0.1) is 21.5 Å². The van der Waals surface area contributed by atoms with Crippen LogP contribution in [0.5, 0.6) is 0 Å². The summed E-state index contributed by atoms with van der Waals surface area (Å²) < 4.78 is 0.760. The molecule has 3 aromatic rings. The van der Waals surface area contributed by atoms with Crippen molar-refractivity contribution >= 4 is 68.7 Å². The average molecular weight is 403 g/mol. The minimum absolute atomic E-state index is 0.139. The van der Waals surface area contributed by atoms with E-state index < -0.39 is 0 Å². The predicted molar refractivity (Wildman–Crippen MR) is 96.8 cm³/mol. The highest BCUT2D eigenvalue weighted by Crippen LogP contribution is 2.30. The van der Waals surface area contributed by atoms with Crippen LogP contribution >= 0.6 is 57.6 Å². The summed E-state index contributed by atoms with van der Waals surface area (Å²) in [4.78, 5) is 16.3. The number of carbonyl (C=O) groups excluding carboxylic acids is 1. The molecule has 23 heavy (non-hydrogen) atoms. The van der Waals surface area contributed by atoms with Crippen LogP contribution in [-0.4, -0.2) is 26.8 Å². The molecule has 2 aromatic heterocycles. The van der Waals surface area contributed by atoms with Crippen LogP contribution in [0.3, 0.4) is 0 Å². The van der Waals surface area contributed by atoms with Crippen molar-refractivity contribution in [1.29, 1.82) is 0 Å². The van der Waals surface area contributed by atoms with E-state index in [0.29, 0.717) is 15.2 Å². The average Bonchev–Trinajstić information content (AvgIpc) is 3.19. The summed E-state index contributed by atoms with van der Waals surface area (Å²) in [5.41, 5.74) is 3.21. The molecule has 118 valence electrons. The zero-order chi connectivity index (χ0) is 16.2. The van der Waals surface area contributed by atoms with E-state index in [-0.39, 0.29) is 11.7 Å². The zero-order valence-corrected chi connectivity index (χ0v) is 15.3. The number of thiazole rings is 1. The molecule has 10 heteroatoms. The molecule has 0 atom stereocenters. The van der Waals surface area contributed by atoms with Gasteiger partial charge in [0.2, 0.25) is 5.91 Å². The number of nitrogens with one attached hydrogen (secondary N) is 1. The Morgan fingerprint density at radius 1 is 1.26 bits per heavy atom. The smallest absolute Gasteiger partial charge is 0.236 e. The second-order valence-corrected chi connectivity index (χ2v) is 7.94. The van der Waals surface area contributed by atoms with Crippen molar-refractivity contribution in [3.8, 4) is 11.3 Å². The van der Waals surface area contributed by atoms with Gasteiger partial charge in [-0.2, -0.15) is 0 Å². The first-order valence-corrected chi connectivity index (χ1v) is 9.71. The number of amides is 1. The lowest BCUT2D eigenvalue weighted by Crippen LogP contribution is -2.13. The predicted octanol–water partition coefficient (Wildman–Crippen LogP) is 4.70. The number of benzene rings is 1. The van der Waals surface area contributed by atoms with Crippen molar-refractivity contribution in [2.45, 2.75) is 4.34 Å². The van der Waals surface area contributed by atoms with Crippen LogP contribution in [0.4, 0.5) is 5.13 Å². The summed E-state index contributed by atoms with van der Waals surface area (Å²) in [7, 11) is 0. The molecule has 5 nitrogen and oxygen atoms in total. The lowest BCUT2D eigenvalue weighted by atomic mass is 10.2. The maximum absolute atomic E-state index is 11.9. The maximum atomic E-state index is 11.9. The van der Waals surface area contributed by atoms with Crippen molar-refractivity contribution in [1.82, 2.24) is 15.2 Å². The summed E-state index contributed by atoms with van der Waals surface area (Å²) in [5.74, 6) is 0.122. The Balaban J connectivity index is 1.62. The van der Waals surface area contributed by atoms with Gasteiger partial charge in [-0.15, -0.1) is 21.5 Å². The maximum Gasteiger partial charge on any atom is 0.236 e. The van der Waals surface area contributed by atoms with E-state index in [9.17, 15) is 4.79 Å². The van der Waals surface area contributed by atoms with E-state index in [1.807, 2.05) is 11.4 Å². The van der Waals surface area contributed by atoms with Crippen LogP contribution in [0.1, 0.15) is 0 Å². The topological polar surface area (TPSA) is 67.8 Å². The Morgan fingerprint density at radius 3 is 2.87 bits per heavy atom. The van der Waals surface area contributed by atoms with Crippen molar-refractivity contribution in [3.05, 3.63) is 39.1 Å². The van der Waals surface area contributed by atoms with Crippen molar-refractivity contribution in [3.63, 3.8) is 0 Å². The standard InChI is InChI=1S/C13H8Cl2N4OS3/c14-8-2-1-7(3-9(8)15)10-4-21-12(17-10)18-11(20)5-22-13-19-16-6-23-13/h1-4,6H,5H2,(H,17,18,20). The molecule has 0 fully saturated rings. The first kappa shape index (κ1) is 16.7. The zero-order valence-electron chi connectivity index (χ0n) is 11.3. The number of anilines is 1. The van der Waals surface area contributed by atoms with Gasteiger partial charge in [-0.3, -0.25) is 4.79 Å². The third kappa shape index (κ3) is 4.42. The fraction of sp³-hybridized carbons (Fsp3) is 0.0769. The Bertz CT molecular complexity index is 823. The van der Waals surface area contributed by atoms with Gasteiger partial charge in [-0.1, -0.05) is 52.4 Å². The SMILES string of the molecule is O=C(CSc1nncs1)Nc1nc(-c2ccc(Cl)c(Cl)c2)cs1. The number of halogens is 2. The third-order valence-electron chi connectivity index (χ3n) is 2.63. The molecule has 2 heterocycles. The Kier molecular flexibility index (Phi) is 5.50. The van der Waals surface area contributed by atoms with Crippen LogP contribution in [-0.2, 0) is 4.79 Å². The second kappa shape index (κ2) is 7.59. The summed E-state index contributed by atoms with van der Waals surface area (Å²) in [6.07, 6.45) is 0. The highest BCUT2D eigenvalue weighted by Gasteiger charge is 2.10. The number of hydrogen-bond acceptors (Lipinski definition) is 7. The highest BCUT2D eigenvalue weighted by atomic mass is 35.5. The van der Waals surface area contributed by atoms with Crippen LogP contribution in [0, 0.1) is 0 Å². The van der Waals surface area contributed by atoms with Crippen molar-refractivity contribution in [2.24, 2.45) is 0 Å². The molecule has 0 saturated carbocycles. The molecule has 0 aliphatic heterocycles. The van der Waals surface area contributed by atoms with E-state index in [1.54, 1.807) is 17.6 Å². The Labute approximate surface area is 154 Å². The summed E-state index contributed by atoms with van der Waals surface area (Å²) >= 11 is 16.0. The fourth-order valence-electron chi connectivity index (χ4n) is 1.63. The Hall–Kier alpha value is -1.19. The van der Waals surface area contributed by atoms with Gasteiger partial charge in [-0.05, 0) is 12.1 Å². The van der Waals surface area contributed by atoms with Crippen LogP contribution in [0.2, 0.25) is 10.0 Å². The lowest BCUT2D eigenvalue weighted by molar-refractivity contribution is -0.113. The second-order valence-electron chi connectivity index (χ2n) is 4.21. The molecule has 0 saturated heterocycles. The van der Waals surface area contributed by atoms with Crippen molar-refractivity contribution in [2.75, 3.05) is 11.1 Å². The Morgan fingerprint density at radius 2 is 2.13 bits per heavy atom. The number of hydrogen-bond donors (Lipinski definition) is 1. The summed E-state index contributed by atoms with van der Waals surface area (Å²) in [6.45, 7) is 0. The molecular weight excluding hydrogens is 395 g/mol. The van der Waals surface area contributed by atoms with E-state index in [0.717, 1.165) is 15.6 Å². The fourth-order valence-corrected chi connectivity index (χ4v) is 3.95. The molecule has 1 N–H and O–H groups in total.